The maximum atomic E-state index is 12.5. The second-order valence-corrected chi connectivity index (χ2v) is 7.65. The van der Waals surface area contributed by atoms with Crippen molar-refractivity contribution in [3.05, 3.63) is 53.6 Å². The molecule has 2 aromatic carbocycles. The Morgan fingerprint density at radius 2 is 1.83 bits per heavy atom. The van der Waals surface area contributed by atoms with Gasteiger partial charge in [0.25, 0.3) is 0 Å². The van der Waals surface area contributed by atoms with Crippen LogP contribution in [-0.4, -0.2) is 17.9 Å². The molecule has 3 rings (SSSR count). The first-order chi connectivity index (χ1) is 14.0. The average Bonchev–Trinajstić information content (AvgIpc) is 3.22. The van der Waals surface area contributed by atoms with E-state index in [0.29, 0.717) is 31.1 Å². The molecule has 1 saturated carbocycles. The van der Waals surface area contributed by atoms with E-state index in [2.05, 4.69) is 10.6 Å². The average molecular weight is 395 g/mol. The summed E-state index contributed by atoms with van der Waals surface area (Å²) in [6.07, 6.45) is 6.53. The quantitative estimate of drug-likeness (QED) is 0.644. The molecule has 0 unspecified atom stereocenters. The van der Waals surface area contributed by atoms with E-state index in [1.54, 1.807) is 13.0 Å². The maximum absolute atomic E-state index is 12.5. The fourth-order valence-electron chi connectivity index (χ4n) is 3.53. The van der Waals surface area contributed by atoms with Gasteiger partial charge in [-0.3, -0.25) is 9.59 Å². The van der Waals surface area contributed by atoms with Crippen LogP contribution in [0, 0.1) is 6.92 Å². The van der Waals surface area contributed by atoms with Crippen molar-refractivity contribution in [2.75, 3.05) is 10.6 Å². The summed E-state index contributed by atoms with van der Waals surface area (Å²) >= 11 is 0. The molecule has 0 radical (unpaired) electrons. The zero-order valence-electron chi connectivity index (χ0n) is 17.3. The van der Waals surface area contributed by atoms with Gasteiger partial charge in [0.1, 0.15) is 5.75 Å². The number of aryl methyl sites for hydroxylation is 2. The van der Waals surface area contributed by atoms with Gasteiger partial charge in [0.05, 0.1) is 6.10 Å². The summed E-state index contributed by atoms with van der Waals surface area (Å²) in [4.78, 5) is 24.0. The molecule has 2 amide bonds. The summed E-state index contributed by atoms with van der Waals surface area (Å²) in [5.74, 6) is 0.796. The molecule has 154 valence electrons. The minimum atomic E-state index is -0.0502. The van der Waals surface area contributed by atoms with Crippen LogP contribution in [0.1, 0.15) is 56.6 Å². The second-order valence-electron chi connectivity index (χ2n) is 7.65. The highest BCUT2D eigenvalue weighted by atomic mass is 16.5. The lowest BCUT2D eigenvalue weighted by Crippen LogP contribution is -2.14. The first-order valence-electron chi connectivity index (χ1n) is 10.5. The molecule has 5 heteroatoms. The SMILES string of the molecule is CCC(=O)Nc1ccc(C)c(NC(=O)CCc2cccc(OC3CCCC3)c2)c1. The monoisotopic (exact) mass is 394 g/mol. The van der Waals surface area contributed by atoms with Crippen molar-refractivity contribution in [1.82, 2.24) is 0 Å². The van der Waals surface area contributed by atoms with Gasteiger partial charge in [-0.1, -0.05) is 25.1 Å². The van der Waals surface area contributed by atoms with E-state index in [9.17, 15) is 9.59 Å². The van der Waals surface area contributed by atoms with Crippen LogP contribution >= 0.6 is 0 Å². The Balaban J connectivity index is 1.54. The molecule has 0 bridgehead atoms. The summed E-state index contributed by atoms with van der Waals surface area (Å²) in [5.41, 5.74) is 3.47. The molecule has 0 atom stereocenters. The van der Waals surface area contributed by atoms with E-state index < -0.39 is 0 Å². The van der Waals surface area contributed by atoms with Gasteiger partial charge in [0.15, 0.2) is 0 Å². The van der Waals surface area contributed by atoms with Gasteiger partial charge in [0, 0.05) is 24.2 Å². The van der Waals surface area contributed by atoms with E-state index in [1.165, 1.54) is 12.8 Å². The van der Waals surface area contributed by atoms with Crippen molar-refractivity contribution < 1.29 is 14.3 Å². The number of amides is 2. The Morgan fingerprint density at radius 1 is 1.03 bits per heavy atom. The van der Waals surface area contributed by atoms with Gasteiger partial charge in [-0.15, -0.1) is 0 Å². The van der Waals surface area contributed by atoms with Crippen molar-refractivity contribution in [3.63, 3.8) is 0 Å². The Morgan fingerprint density at radius 3 is 2.59 bits per heavy atom. The summed E-state index contributed by atoms with van der Waals surface area (Å²) < 4.78 is 6.05. The van der Waals surface area contributed by atoms with Crippen LogP contribution in [-0.2, 0) is 16.0 Å². The van der Waals surface area contributed by atoms with Crippen molar-refractivity contribution in [3.8, 4) is 5.75 Å². The summed E-state index contributed by atoms with van der Waals surface area (Å²) in [6.45, 7) is 3.74. The van der Waals surface area contributed by atoms with E-state index in [0.717, 1.165) is 35.4 Å². The molecule has 1 aliphatic rings. The molecule has 0 aromatic heterocycles. The summed E-state index contributed by atoms with van der Waals surface area (Å²) in [7, 11) is 0. The third-order valence-electron chi connectivity index (χ3n) is 5.26. The van der Waals surface area contributed by atoms with Crippen LogP contribution in [0.2, 0.25) is 0 Å². The molecule has 2 N–H and O–H groups in total. The van der Waals surface area contributed by atoms with E-state index >= 15 is 0 Å². The van der Waals surface area contributed by atoms with Crippen LogP contribution in [0.4, 0.5) is 11.4 Å². The van der Waals surface area contributed by atoms with E-state index in [-0.39, 0.29) is 11.8 Å². The Bertz CT molecular complexity index is 857. The normalized spacial score (nSPS) is 13.9. The number of nitrogens with one attached hydrogen (secondary N) is 2. The Labute approximate surface area is 172 Å². The third-order valence-corrected chi connectivity index (χ3v) is 5.26. The molecule has 0 saturated heterocycles. The molecular formula is C24H30N2O3. The van der Waals surface area contributed by atoms with Gasteiger partial charge >= 0.3 is 0 Å². The number of anilines is 2. The second kappa shape index (κ2) is 10.1. The summed E-state index contributed by atoms with van der Waals surface area (Å²) in [6, 6.07) is 13.6. The fraction of sp³-hybridized carbons (Fsp3) is 0.417. The molecular weight excluding hydrogens is 364 g/mol. The number of ether oxygens (including phenoxy) is 1. The van der Waals surface area contributed by atoms with Gasteiger partial charge in [-0.05, 0) is 74.4 Å². The zero-order valence-corrected chi connectivity index (χ0v) is 17.3. The van der Waals surface area contributed by atoms with Gasteiger partial charge in [0.2, 0.25) is 11.8 Å². The smallest absolute Gasteiger partial charge is 0.224 e. The van der Waals surface area contributed by atoms with Crippen molar-refractivity contribution >= 4 is 23.2 Å². The highest BCUT2D eigenvalue weighted by Gasteiger charge is 2.16. The number of benzene rings is 2. The molecule has 1 aliphatic carbocycles. The minimum Gasteiger partial charge on any atom is -0.490 e. The van der Waals surface area contributed by atoms with Crippen LogP contribution < -0.4 is 15.4 Å². The van der Waals surface area contributed by atoms with E-state index in [4.69, 9.17) is 4.74 Å². The third kappa shape index (κ3) is 6.34. The van der Waals surface area contributed by atoms with Crippen molar-refractivity contribution in [2.24, 2.45) is 0 Å². The van der Waals surface area contributed by atoms with Crippen molar-refractivity contribution in [2.45, 2.75) is 64.9 Å². The van der Waals surface area contributed by atoms with Gasteiger partial charge < -0.3 is 15.4 Å². The van der Waals surface area contributed by atoms with Gasteiger partial charge in [-0.25, -0.2) is 0 Å². The Kier molecular flexibility index (Phi) is 7.28. The molecule has 29 heavy (non-hydrogen) atoms. The number of carbonyl (C=O) groups is 2. The van der Waals surface area contributed by atoms with Crippen molar-refractivity contribution in [1.29, 1.82) is 0 Å². The predicted octanol–water partition coefficient (Wildman–Crippen LogP) is 5.24. The lowest BCUT2D eigenvalue weighted by atomic mass is 10.1. The topological polar surface area (TPSA) is 67.4 Å². The van der Waals surface area contributed by atoms with Crippen LogP contribution in [0.3, 0.4) is 0 Å². The first-order valence-corrected chi connectivity index (χ1v) is 10.5. The summed E-state index contributed by atoms with van der Waals surface area (Å²) in [5, 5.41) is 5.79. The standard InChI is InChI=1S/C24H30N2O3/c1-3-23(27)25-19-13-11-17(2)22(16-19)26-24(28)14-12-18-7-6-10-21(15-18)29-20-8-4-5-9-20/h6-7,10-11,13,15-16,20H,3-5,8-9,12,14H2,1-2H3,(H,25,27)(H,26,28). The number of carbonyl (C=O) groups excluding carboxylic acids is 2. The molecule has 1 fully saturated rings. The molecule has 0 spiro atoms. The lowest BCUT2D eigenvalue weighted by Gasteiger charge is -2.14. The predicted molar refractivity (Wildman–Crippen MR) is 116 cm³/mol. The first kappa shape index (κ1) is 20.9. The molecule has 5 nitrogen and oxygen atoms in total. The number of hydrogen-bond acceptors (Lipinski definition) is 3. The zero-order chi connectivity index (χ0) is 20.6. The fourth-order valence-corrected chi connectivity index (χ4v) is 3.53. The van der Waals surface area contributed by atoms with Gasteiger partial charge in [-0.2, -0.15) is 0 Å². The molecule has 0 heterocycles. The highest BCUT2D eigenvalue weighted by Crippen LogP contribution is 2.25. The lowest BCUT2D eigenvalue weighted by molar-refractivity contribution is -0.116. The maximum Gasteiger partial charge on any atom is 0.224 e. The number of hydrogen-bond donors (Lipinski definition) is 2. The van der Waals surface area contributed by atoms with Crippen LogP contribution in [0.5, 0.6) is 5.75 Å². The molecule has 0 aliphatic heterocycles. The van der Waals surface area contributed by atoms with E-state index in [1.807, 2.05) is 43.3 Å². The largest absolute Gasteiger partial charge is 0.490 e. The Hall–Kier alpha value is -2.82. The minimum absolute atomic E-state index is 0.0471. The van der Waals surface area contributed by atoms with Crippen LogP contribution in [0.15, 0.2) is 42.5 Å². The van der Waals surface area contributed by atoms with Crippen LogP contribution in [0.25, 0.3) is 0 Å². The molecule has 2 aromatic rings. The highest BCUT2D eigenvalue weighted by molar-refractivity contribution is 5.94. The number of rotatable bonds is 8.